The van der Waals surface area contributed by atoms with Crippen molar-refractivity contribution in [2.45, 2.75) is 25.4 Å². The Morgan fingerprint density at radius 3 is 3.00 bits per heavy atom. The van der Waals surface area contributed by atoms with Crippen molar-refractivity contribution in [1.29, 1.82) is 0 Å². The highest BCUT2D eigenvalue weighted by Crippen LogP contribution is 2.35. The van der Waals surface area contributed by atoms with Crippen LogP contribution in [0.2, 0.25) is 0 Å². The number of nitrogens with one attached hydrogen (secondary N) is 1. The van der Waals surface area contributed by atoms with Crippen LogP contribution in [0.5, 0.6) is 0 Å². The van der Waals surface area contributed by atoms with E-state index >= 15 is 0 Å². The number of rotatable bonds is 5. The van der Waals surface area contributed by atoms with Gasteiger partial charge in [-0.2, -0.15) is 0 Å². The zero-order chi connectivity index (χ0) is 14.1. The van der Waals surface area contributed by atoms with E-state index in [0.717, 1.165) is 11.8 Å². The minimum Gasteiger partial charge on any atom is -0.478 e. The fraction of sp³-hybridized carbons (Fsp3) is 0.286. The van der Waals surface area contributed by atoms with Crippen molar-refractivity contribution < 1.29 is 14.3 Å². The molecule has 0 unspecified atom stereocenters. The van der Waals surface area contributed by atoms with E-state index in [9.17, 15) is 9.18 Å². The van der Waals surface area contributed by atoms with Gasteiger partial charge in [-0.05, 0) is 31.0 Å². The third-order valence-electron chi connectivity index (χ3n) is 3.36. The number of aromatic carboxylic acids is 1. The molecule has 0 atom stereocenters. The quantitative estimate of drug-likeness (QED) is 0.880. The zero-order valence-electron chi connectivity index (χ0n) is 10.7. The van der Waals surface area contributed by atoms with Crippen molar-refractivity contribution in [3.8, 4) is 0 Å². The van der Waals surface area contributed by atoms with Crippen LogP contribution >= 0.6 is 0 Å². The summed E-state index contributed by atoms with van der Waals surface area (Å²) in [6, 6.07) is 4.52. The van der Waals surface area contributed by atoms with Crippen LogP contribution in [0.4, 0.5) is 10.1 Å². The minimum atomic E-state index is -1.27. The zero-order valence-corrected chi connectivity index (χ0v) is 10.7. The first-order valence-corrected chi connectivity index (χ1v) is 6.42. The molecular weight excluding hydrogens is 261 g/mol. The van der Waals surface area contributed by atoms with E-state index in [1.54, 1.807) is 6.20 Å². The second kappa shape index (κ2) is 4.96. The van der Waals surface area contributed by atoms with Gasteiger partial charge in [-0.25, -0.2) is 14.2 Å². The number of nitrogens with zero attached hydrogens (tertiary/aromatic N) is 2. The van der Waals surface area contributed by atoms with Gasteiger partial charge in [0.15, 0.2) is 0 Å². The van der Waals surface area contributed by atoms with Crippen molar-refractivity contribution in [2.24, 2.45) is 0 Å². The van der Waals surface area contributed by atoms with Crippen LogP contribution in [-0.2, 0) is 6.54 Å². The SMILES string of the molecule is O=C(O)c1cc(NCc2cncn2C2CC2)ccc1F. The summed E-state index contributed by atoms with van der Waals surface area (Å²) in [7, 11) is 0. The van der Waals surface area contributed by atoms with E-state index in [-0.39, 0.29) is 5.56 Å². The third-order valence-corrected chi connectivity index (χ3v) is 3.36. The smallest absolute Gasteiger partial charge is 0.338 e. The molecular formula is C14H14FN3O2. The maximum absolute atomic E-state index is 13.3. The van der Waals surface area contributed by atoms with Crippen LogP contribution in [0.25, 0.3) is 0 Å². The molecule has 5 nitrogen and oxygen atoms in total. The van der Waals surface area contributed by atoms with Gasteiger partial charge < -0.3 is 15.0 Å². The number of halogens is 1. The number of anilines is 1. The number of carbonyl (C=O) groups is 1. The van der Waals surface area contributed by atoms with Gasteiger partial charge in [0.05, 0.1) is 24.1 Å². The number of benzene rings is 1. The lowest BCUT2D eigenvalue weighted by molar-refractivity contribution is 0.0692. The van der Waals surface area contributed by atoms with Crippen LogP contribution in [0.3, 0.4) is 0 Å². The van der Waals surface area contributed by atoms with Gasteiger partial charge in [0.25, 0.3) is 0 Å². The number of carboxylic acids is 1. The summed E-state index contributed by atoms with van der Waals surface area (Å²) in [4.78, 5) is 15.0. The van der Waals surface area contributed by atoms with Crippen LogP contribution in [0.15, 0.2) is 30.7 Å². The predicted molar refractivity (Wildman–Crippen MR) is 71.2 cm³/mol. The molecule has 1 heterocycles. The lowest BCUT2D eigenvalue weighted by Gasteiger charge is -2.10. The molecule has 104 valence electrons. The van der Waals surface area contributed by atoms with Crippen molar-refractivity contribution >= 4 is 11.7 Å². The molecule has 0 saturated heterocycles. The third kappa shape index (κ3) is 2.49. The normalized spacial score (nSPS) is 14.2. The maximum atomic E-state index is 13.3. The summed E-state index contributed by atoms with van der Waals surface area (Å²) in [5, 5.41) is 12.0. The first-order chi connectivity index (χ1) is 9.65. The first-order valence-electron chi connectivity index (χ1n) is 6.42. The minimum absolute atomic E-state index is 0.328. The van der Waals surface area contributed by atoms with Crippen molar-refractivity contribution in [2.75, 3.05) is 5.32 Å². The average molecular weight is 275 g/mol. The highest BCUT2D eigenvalue weighted by molar-refractivity contribution is 5.89. The fourth-order valence-electron chi connectivity index (χ4n) is 2.14. The van der Waals surface area contributed by atoms with Crippen molar-refractivity contribution in [3.63, 3.8) is 0 Å². The molecule has 0 spiro atoms. The molecule has 1 aliphatic rings. The van der Waals surface area contributed by atoms with Gasteiger partial charge in [0.1, 0.15) is 5.82 Å². The summed E-state index contributed by atoms with van der Waals surface area (Å²) < 4.78 is 15.4. The molecule has 1 fully saturated rings. The highest BCUT2D eigenvalue weighted by Gasteiger charge is 2.25. The van der Waals surface area contributed by atoms with Crippen LogP contribution < -0.4 is 5.32 Å². The molecule has 2 aromatic rings. The van der Waals surface area contributed by atoms with E-state index in [1.807, 2.05) is 6.33 Å². The van der Waals surface area contributed by atoms with Gasteiger partial charge in [0.2, 0.25) is 0 Å². The highest BCUT2D eigenvalue weighted by atomic mass is 19.1. The Morgan fingerprint density at radius 2 is 2.30 bits per heavy atom. The standard InChI is InChI=1S/C14H14FN3O2/c15-13-4-1-9(5-12(13)14(19)20)17-7-11-6-16-8-18(11)10-2-3-10/h1,4-6,8,10,17H,2-3,7H2,(H,19,20). The first kappa shape index (κ1) is 12.7. The molecule has 20 heavy (non-hydrogen) atoms. The number of aromatic nitrogens is 2. The summed E-state index contributed by atoms with van der Waals surface area (Å²) in [6.07, 6.45) is 5.93. The van der Waals surface area contributed by atoms with Gasteiger partial charge >= 0.3 is 5.97 Å². The van der Waals surface area contributed by atoms with Gasteiger partial charge in [-0.3, -0.25) is 0 Å². The maximum Gasteiger partial charge on any atom is 0.338 e. The second-order valence-electron chi connectivity index (χ2n) is 4.88. The fourth-order valence-corrected chi connectivity index (χ4v) is 2.14. The Bertz CT molecular complexity index is 650. The predicted octanol–water partition coefficient (Wildman–Crippen LogP) is 2.67. The summed E-state index contributed by atoms with van der Waals surface area (Å²) in [6.45, 7) is 0.529. The topological polar surface area (TPSA) is 67.2 Å². The summed E-state index contributed by atoms with van der Waals surface area (Å²) in [5.41, 5.74) is 1.28. The molecule has 0 amide bonds. The largest absolute Gasteiger partial charge is 0.478 e. The second-order valence-corrected chi connectivity index (χ2v) is 4.88. The Hall–Kier alpha value is -2.37. The van der Waals surface area contributed by atoms with Gasteiger partial charge in [0, 0.05) is 17.9 Å². The summed E-state index contributed by atoms with van der Waals surface area (Å²) in [5.74, 6) is -2.00. The number of hydrogen-bond donors (Lipinski definition) is 2. The van der Waals surface area contributed by atoms with E-state index in [4.69, 9.17) is 5.11 Å². The van der Waals surface area contributed by atoms with Crippen LogP contribution in [0.1, 0.15) is 34.9 Å². The monoisotopic (exact) mass is 275 g/mol. The molecule has 1 aromatic heterocycles. The molecule has 1 aliphatic carbocycles. The number of hydrogen-bond acceptors (Lipinski definition) is 3. The summed E-state index contributed by atoms with van der Waals surface area (Å²) >= 11 is 0. The van der Waals surface area contributed by atoms with Crippen LogP contribution in [-0.4, -0.2) is 20.6 Å². The Labute approximate surface area is 115 Å². The Kier molecular flexibility index (Phi) is 3.14. The van der Waals surface area contributed by atoms with E-state index in [0.29, 0.717) is 18.3 Å². The van der Waals surface area contributed by atoms with Gasteiger partial charge in [-0.1, -0.05) is 0 Å². The molecule has 6 heteroatoms. The van der Waals surface area contributed by atoms with E-state index in [1.165, 1.54) is 25.0 Å². The van der Waals surface area contributed by atoms with Crippen molar-refractivity contribution in [1.82, 2.24) is 9.55 Å². The molecule has 2 N–H and O–H groups in total. The molecule has 3 rings (SSSR count). The lowest BCUT2D eigenvalue weighted by Crippen LogP contribution is -2.07. The Balaban J connectivity index is 1.73. The molecule has 0 bridgehead atoms. The van der Waals surface area contributed by atoms with E-state index in [2.05, 4.69) is 14.9 Å². The average Bonchev–Trinajstić information content (AvgIpc) is 3.16. The van der Waals surface area contributed by atoms with Gasteiger partial charge in [-0.15, -0.1) is 0 Å². The van der Waals surface area contributed by atoms with Crippen LogP contribution in [0, 0.1) is 5.82 Å². The molecule has 0 radical (unpaired) electrons. The molecule has 1 aromatic carbocycles. The van der Waals surface area contributed by atoms with Crippen molar-refractivity contribution in [3.05, 3.63) is 47.8 Å². The van der Waals surface area contributed by atoms with E-state index < -0.39 is 11.8 Å². The Morgan fingerprint density at radius 1 is 1.50 bits per heavy atom. The number of imidazole rings is 1. The number of carboxylic acid groups (broad SMARTS) is 1. The molecule has 1 saturated carbocycles. The molecule has 0 aliphatic heterocycles. The lowest BCUT2D eigenvalue weighted by atomic mass is 10.2.